The molecule has 3 saturated heterocycles. The molecule has 0 saturated carbocycles. The average molecular weight is 733 g/mol. The Kier molecular flexibility index (Phi) is 11.3. The highest BCUT2D eigenvalue weighted by molar-refractivity contribution is 9.10. The van der Waals surface area contributed by atoms with Crippen LogP contribution < -0.4 is 4.74 Å². The second-order valence-corrected chi connectivity index (χ2v) is 12.1. The van der Waals surface area contributed by atoms with Gasteiger partial charge in [-0.2, -0.15) is 0 Å². The van der Waals surface area contributed by atoms with Crippen molar-refractivity contribution < 1.29 is 79.5 Å². The summed E-state index contributed by atoms with van der Waals surface area (Å²) in [7, 11) is 0. The molecule has 0 aliphatic carbocycles. The molecule has 3 aliphatic heterocycles. The number of rotatable bonds is 9. The zero-order valence-corrected chi connectivity index (χ0v) is 25.5. The molecule has 254 valence electrons. The summed E-state index contributed by atoms with van der Waals surface area (Å²) in [6.45, 7) is -2.34. The van der Waals surface area contributed by atoms with Crippen molar-refractivity contribution in [1.82, 2.24) is 4.98 Å². The number of aliphatic hydroxyl groups excluding tert-OH is 10. The van der Waals surface area contributed by atoms with Crippen molar-refractivity contribution >= 4 is 38.4 Å². The average Bonchev–Trinajstić information content (AvgIpc) is 3.45. The van der Waals surface area contributed by atoms with Crippen molar-refractivity contribution in [2.45, 2.75) is 92.1 Å². The Balaban J connectivity index is 1.27. The van der Waals surface area contributed by atoms with Gasteiger partial charge in [0.25, 0.3) is 0 Å². The number of benzene rings is 1. The third kappa shape index (κ3) is 6.72. The minimum absolute atomic E-state index is 0.175. The van der Waals surface area contributed by atoms with Crippen LogP contribution in [0.5, 0.6) is 5.75 Å². The zero-order chi connectivity index (χ0) is 32.7. The minimum atomic E-state index is -1.94. The predicted molar refractivity (Wildman–Crippen MR) is 151 cm³/mol. The van der Waals surface area contributed by atoms with Crippen LogP contribution in [0.2, 0.25) is 5.02 Å². The van der Waals surface area contributed by atoms with Gasteiger partial charge in [0.15, 0.2) is 12.6 Å². The Morgan fingerprint density at radius 1 is 0.667 bits per heavy atom. The van der Waals surface area contributed by atoms with Crippen molar-refractivity contribution in [1.29, 1.82) is 0 Å². The third-order valence-corrected chi connectivity index (χ3v) is 9.30. The number of hydrogen-bond donors (Lipinski definition) is 11. The maximum atomic E-state index is 11.0. The molecule has 5 rings (SSSR count). The number of aromatic amines is 1. The molecule has 0 radical (unpaired) electrons. The lowest BCUT2D eigenvalue weighted by atomic mass is 9.96. The van der Waals surface area contributed by atoms with Gasteiger partial charge in [0.2, 0.25) is 6.29 Å². The Morgan fingerprint density at radius 2 is 1.16 bits per heavy atom. The van der Waals surface area contributed by atoms with Gasteiger partial charge in [-0.1, -0.05) is 11.6 Å². The van der Waals surface area contributed by atoms with Gasteiger partial charge in [0, 0.05) is 10.7 Å². The molecule has 1 aromatic carbocycles. The maximum absolute atomic E-state index is 11.0. The van der Waals surface area contributed by atoms with Gasteiger partial charge in [-0.25, -0.2) is 0 Å². The molecular weight excluding hydrogens is 698 g/mol. The molecule has 0 spiro atoms. The first-order valence-electron chi connectivity index (χ1n) is 13.9. The molecule has 1 aromatic heterocycles. The van der Waals surface area contributed by atoms with Crippen molar-refractivity contribution in [3.63, 3.8) is 0 Å². The highest BCUT2D eigenvalue weighted by Crippen LogP contribution is 2.39. The Bertz CT molecular complexity index is 1290. The normalized spacial score (nSPS) is 42.6. The Hall–Kier alpha value is -1.27. The van der Waals surface area contributed by atoms with Gasteiger partial charge in [-0.15, -0.1) is 0 Å². The minimum Gasteiger partial charge on any atom is -0.460 e. The number of nitrogens with one attached hydrogen (secondary N) is 1. The van der Waals surface area contributed by atoms with Gasteiger partial charge in [0.05, 0.1) is 35.7 Å². The molecule has 19 heteroatoms. The van der Waals surface area contributed by atoms with Gasteiger partial charge < -0.3 is 84.5 Å². The van der Waals surface area contributed by atoms with Crippen LogP contribution >= 0.6 is 27.5 Å². The molecule has 11 N–H and O–H groups in total. The largest absolute Gasteiger partial charge is 0.460 e. The standard InChI is InChI=1S/C26H35BrClNO16/c27-7-1-2-8-13(14(7)28)9(3-29-8)40-24-20(38)17(35)22(11(5-31)42-24)45-26-21(39)18(36)23(12(6-32)43-26)44-25-19(37)16(34)15(33)10(4-30)41-25/h1-3,10-12,15-26,29-39H,4-6H2/t10-,11-,12-,15-,16+,17-,18-,19-,20-,21-,22-,23-,24+,25-,26-/m1/s1. The fourth-order valence-electron chi connectivity index (χ4n) is 5.49. The van der Waals surface area contributed by atoms with E-state index in [2.05, 4.69) is 20.9 Å². The van der Waals surface area contributed by atoms with E-state index in [-0.39, 0.29) is 5.75 Å². The molecular formula is C26H35BrClNO16. The maximum Gasteiger partial charge on any atom is 0.229 e. The molecule has 2 aromatic rings. The fourth-order valence-corrected chi connectivity index (χ4v) is 6.07. The van der Waals surface area contributed by atoms with E-state index in [1.54, 1.807) is 12.1 Å². The summed E-state index contributed by atoms with van der Waals surface area (Å²) in [6.07, 6.45) is -23.6. The van der Waals surface area contributed by atoms with E-state index in [9.17, 15) is 51.1 Å². The smallest absolute Gasteiger partial charge is 0.229 e. The summed E-state index contributed by atoms with van der Waals surface area (Å²) in [5.74, 6) is 0.175. The number of aromatic nitrogens is 1. The highest BCUT2D eigenvalue weighted by Gasteiger charge is 2.53. The van der Waals surface area contributed by atoms with E-state index >= 15 is 0 Å². The van der Waals surface area contributed by atoms with E-state index < -0.39 is 112 Å². The van der Waals surface area contributed by atoms with Crippen LogP contribution in [0.4, 0.5) is 0 Å². The number of hydrogen-bond acceptors (Lipinski definition) is 16. The number of halogens is 2. The van der Waals surface area contributed by atoms with Crippen LogP contribution in [-0.2, 0) is 23.7 Å². The first-order chi connectivity index (χ1) is 21.4. The summed E-state index contributed by atoms with van der Waals surface area (Å²) < 4.78 is 34.1. The number of aliphatic hydroxyl groups is 10. The molecule has 0 bridgehead atoms. The molecule has 3 fully saturated rings. The Labute approximate surface area is 268 Å². The third-order valence-electron chi connectivity index (χ3n) is 8.02. The van der Waals surface area contributed by atoms with Gasteiger partial charge in [-0.3, -0.25) is 0 Å². The first-order valence-corrected chi connectivity index (χ1v) is 15.1. The lowest BCUT2D eigenvalue weighted by Crippen LogP contribution is -2.66. The van der Waals surface area contributed by atoms with E-state index in [1.165, 1.54) is 6.20 Å². The van der Waals surface area contributed by atoms with Crippen LogP contribution in [-0.4, -0.2) is 168 Å². The molecule has 4 heterocycles. The molecule has 0 amide bonds. The van der Waals surface area contributed by atoms with Crippen molar-refractivity contribution in [2.24, 2.45) is 0 Å². The number of fused-ring (bicyclic) bond motifs is 1. The van der Waals surface area contributed by atoms with Gasteiger partial charge in [0.1, 0.15) is 79.0 Å². The summed E-state index contributed by atoms with van der Waals surface area (Å²) in [5.41, 5.74) is 0.609. The monoisotopic (exact) mass is 731 g/mol. The molecule has 15 atom stereocenters. The van der Waals surface area contributed by atoms with Crippen LogP contribution in [0, 0.1) is 0 Å². The van der Waals surface area contributed by atoms with Crippen LogP contribution in [0.25, 0.3) is 10.9 Å². The predicted octanol–water partition coefficient (Wildman–Crippen LogP) is -3.59. The SMILES string of the molecule is OC[C@H]1O[C@H](O[C@H]2[C@H](O)[C@@H](O)[C@@H](O[C@H]3[C@H](O)[C@@H](O)[C@@H](Oc4c[nH]c5ccc(Br)c(Cl)c45)O[C@@H]3CO)O[C@@H]2CO)[C@H](O)[C@@H](O)[C@@H]1O. The molecule has 0 unspecified atom stereocenters. The fraction of sp³-hybridized carbons (Fsp3) is 0.692. The van der Waals surface area contributed by atoms with E-state index in [0.29, 0.717) is 20.4 Å². The van der Waals surface area contributed by atoms with E-state index in [4.69, 9.17) is 40.0 Å². The van der Waals surface area contributed by atoms with Crippen LogP contribution in [0.15, 0.2) is 22.8 Å². The van der Waals surface area contributed by atoms with Crippen LogP contribution in [0.1, 0.15) is 0 Å². The lowest BCUT2D eigenvalue weighted by Gasteiger charge is -2.48. The molecule has 45 heavy (non-hydrogen) atoms. The lowest BCUT2D eigenvalue weighted by molar-refractivity contribution is -0.376. The van der Waals surface area contributed by atoms with Crippen LogP contribution in [0.3, 0.4) is 0 Å². The van der Waals surface area contributed by atoms with Gasteiger partial charge >= 0.3 is 0 Å². The zero-order valence-electron chi connectivity index (χ0n) is 23.2. The number of H-pyrrole nitrogens is 1. The Morgan fingerprint density at radius 3 is 1.71 bits per heavy atom. The first kappa shape index (κ1) is 35.0. The summed E-state index contributed by atoms with van der Waals surface area (Å²) in [6, 6.07) is 3.45. The summed E-state index contributed by atoms with van der Waals surface area (Å²) >= 11 is 9.72. The molecule has 17 nitrogen and oxygen atoms in total. The second kappa shape index (κ2) is 14.5. The van der Waals surface area contributed by atoms with Crippen molar-refractivity contribution in [3.8, 4) is 5.75 Å². The molecule has 3 aliphatic rings. The summed E-state index contributed by atoms with van der Waals surface area (Å²) in [4.78, 5) is 2.96. The summed E-state index contributed by atoms with van der Waals surface area (Å²) in [5, 5.41) is 104. The quantitative estimate of drug-likeness (QED) is 0.119. The highest BCUT2D eigenvalue weighted by atomic mass is 79.9. The number of ether oxygens (including phenoxy) is 6. The van der Waals surface area contributed by atoms with Crippen molar-refractivity contribution in [3.05, 3.63) is 27.8 Å². The van der Waals surface area contributed by atoms with E-state index in [1.807, 2.05) is 0 Å². The van der Waals surface area contributed by atoms with Gasteiger partial charge in [-0.05, 0) is 28.1 Å². The van der Waals surface area contributed by atoms with Crippen molar-refractivity contribution in [2.75, 3.05) is 19.8 Å². The van der Waals surface area contributed by atoms with E-state index in [0.717, 1.165) is 0 Å². The second-order valence-electron chi connectivity index (χ2n) is 10.9. The topological polar surface area (TPSA) is 273 Å².